The molecule has 0 amide bonds. The van der Waals surface area contributed by atoms with Crippen LogP contribution in [0.3, 0.4) is 0 Å². The monoisotopic (exact) mass is 310 g/mol. The molecule has 0 unspecified atom stereocenters. The van der Waals surface area contributed by atoms with Gasteiger partial charge in [0.15, 0.2) is 0 Å². The second kappa shape index (κ2) is 4.40. The smallest absolute Gasteiger partial charge is 0.139 e. The number of hydrogen-bond acceptors (Lipinski definition) is 2. The molecular weight excluding hydrogens is 284 g/mol. The summed E-state index contributed by atoms with van der Waals surface area (Å²) in [5, 5.41) is 12.8. The van der Waals surface area contributed by atoms with E-state index in [-0.39, 0.29) is 5.41 Å². The zero-order valence-electron chi connectivity index (χ0n) is 14.2. The molecule has 0 saturated carbocycles. The predicted molar refractivity (Wildman–Crippen MR) is 92.4 cm³/mol. The molecule has 3 aliphatic heterocycles. The highest BCUT2D eigenvalue weighted by Crippen LogP contribution is 2.60. The molecular formula is C20H26N2O. The van der Waals surface area contributed by atoms with E-state index in [0.717, 1.165) is 19.3 Å². The number of benzene rings is 1. The molecule has 4 heterocycles. The summed E-state index contributed by atoms with van der Waals surface area (Å²) < 4.78 is 2.29. The fraction of sp³-hybridized carbons (Fsp3) is 0.600. The first kappa shape index (κ1) is 14.1. The van der Waals surface area contributed by atoms with Crippen molar-refractivity contribution < 1.29 is 5.11 Å². The number of nitrogens with zero attached hydrogens (tertiary/aromatic N) is 2. The maximum absolute atomic E-state index is 11.4. The van der Waals surface area contributed by atoms with Crippen LogP contribution in [0, 0.1) is 5.41 Å². The molecule has 1 aromatic heterocycles. The largest absolute Gasteiger partial charge is 0.371 e. The molecule has 0 radical (unpaired) electrons. The number of piperidine rings is 1. The molecule has 1 saturated heterocycles. The number of para-hydroxylation sites is 1. The molecule has 1 fully saturated rings. The van der Waals surface area contributed by atoms with Crippen molar-refractivity contribution in [3.63, 3.8) is 0 Å². The number of hydrogen-bond donors (Lipinski definition) is 1. The summed E-state index contributed by atoms with van der Waals surface area (Å²) in [5.41, 5.74) is 3.61. The number of rotatable bonds is 1. The van der Waals surface area contributed by atoms with E-state index in [2.05, 4.69) is 40.7 Å². The second-order valence-corrected chi connectivity index (χ2v) is 8.12. The molecule has 122 valence electrons. The molecule has 1 N–H and O–H groups in total. The molecule has 0 spiro atoms. The molecule has 3 nitrogen and oxygen atoms in total. The molecule has 1 aromatic carbocycles. The van der Waals surface area contributed by atoms with Crippen LogP contribution in [0.4, 0.5) is 0 Å². The van der Waals surface area contributed by atoms with Crippen molar-refractivity contribution in [2.24, 2.45) is 5.41 Å². The van der Waals surface area contributed by atoms with E-state index >= 15 is 0 Å². The minimum absolute atomic E-state index is 0.237. The van der Waals surface area contributed by atoms with Crippen molar-refractivity contribution in [2.45, 2.75) is 57.7 Å². The maximum atomic E-state index is 11.4. The van der Waals surface area contributed by atoms with Gasteiger partial charge in [0, 0.05) is 24.0 Å². The molecule has 23 heavy (non-hydrogen) atoms. The van der Waals surface area contributed by atoms with Crippen molar-refractivity contribution in [1.82, 2.24) is 9.47 Å². The fourth-order valence-corrected chi connectivity index (χ4v) is 6.07. The van der Waals surface area contributed by atoms with Crippen LogP contribution in [0.15, 0.2) is 24.3 Å². The van der Waals surface area contributed by atoms with Gasteiger partial charge in [0.1, 0.15) is 5.72 Å². The zero-order valence-corrected chi connectivity index (χ0v) is 14.2. The summed E-state index contributed by atoms with van der Waals surface area (Å²) in [6.07, 6.45) is 5.68. The van der Waals surface area contributed by atoms with E-state index in [1.807, 2.05) is 6.92 Å². The van der Waals surface area contributed by atoms with Crippen LogP contribution in [0.2, 0.25) is 0 Å². The van der Waals surface area contributed by atoms with Crippen LogP contribution < -0.4 is 0 Å². The van der Waals surface area contributed by atoms with E-state index in [1.165, 1.54) is 48.1 Å². The summed E-state index contributed by atoms with van der Waals surface area (Å²) in [5.74, 6) is 0. The third kappa shape index (κ3) is 1.62. The molecule has 0 bridgehead atoms. The number of fused-ring (bicyclic) bond motifs is 3. The van der Waals surface area contributed by atoms with Gasteiger partial charge in [-0.1, -0.05) is 25.1 Å². The summed E-state index contributed by atoms with van der Waals surface area (Å²) in [6, 6.07) is 9.18. The lowest BCUT2D eigenvalue weighted by atomic mass is 9.62. The summed E-state index contributed by atoms with van der Waals surface area (Å²) >= 11 is 0. The first-order chi connectivity index (χ1) is 11.1. The maximum Gasteiger partial charge on any atom is 0.139 e. The van der Waals surface area contributed by atoms with Crippen LogP contribution in [-0.4, -0.2) is 27.7 Å². The third-order valence-corrected chi connectivity index (χ3v) is 6.87. The van der Waals surface area contributed by atoms with Crippen LogP contribution in [0.25, 0.3) is 10.9 Å². The lowest BCUT2D eigenvalue weighted by Gasteiger charge is -2.58. The van der Waals surface area contributed by atoms with Crippen molar-refractivity contribution >= 4 is 10.9 Å². The third-order valence-electron chi connectivity index (χ3n) is 6.87. The van der Waals surface area contributed by atoms with Crippen molar-refractivity contribution in [3.05, 3.63) is 35.5 Å². The van der Waals surface area contributed by atoms with Gasteiger partial charge in [-0.25, -0.2) is 0 Å². The minimum Gasteiger partial charge on any atom is -0.371 e. The second-order valence-electron chi connectivity index (χ2n) is 8.12. The van der Waals surface area contributed by atoms with Gasteiger partial charge < -0.3 is 9.67 Å². The van der Waals surface area contributed by atoms with Gasteiger partial charge in [0.25, 0.3) is 0 Å². The highest BCUT2D eigenvalue weighted by molar-refractivity contribution is 5.86. The van der Waals surface area contributed by atoms with E-state index in [0.29, 0.717) is 6.04 Å². The normalized spacial score (nSPS) is 36.2. The van der Waals surface area contributed by atoms with Gasteiger partial charge in [-0.3, -0.25) is 4.90 Å². The average molecular weight is 310 g/mol. The Bertz CT molecular complexity index is 790. The molecule has 5 rings (SSSR count). The van der Waals surface area contributed by atoms with Gasteiger partial charge >= 0.3 is 0 Å². The standard InChI is InChI=1S/C20H26N2O/c1-3-20-10-6-11-21-12-9-15-14-7-4-5-8-16(14)22(17(15)18(20)21)19(2,23)13-20/h4-5,7-8,18,23H,3,6,9-13H2,1-2H3/t18-,19-,20+/m1/s1. The highest BCUT2D eigenvalue weighted by atomic mass is 16.3. The van der Waals surface area contributed by atoms with E-state index in [9.17, 15) is 5.11 Å². The SMILES string of the molecule is CC[C@]12CCCN3CCc4c(n(c5ccccc45)[C@](C)(O)C1)[C@@H]32. The minimum atomic E-state index is -0.778. The Hall–Kier alpha value is -1.32. The highest BCUT2D eigenvalue weighted by Gasteiger charge is 2.55. The van der Waals surface area contributed by atoms with Gasteiger partial charge in [-0.2, -0.15) is 0 Å². The molecule has 0 aliphatic carbocycles. The summed E-state index contributed by atoms with van der Waals surface area (Å²) in [4.78, 5) is 2.71. The average Bonchev–Trinajstić information content (AvgIpc) is 2.89. The van der Waals surface area contributed by atoms with Crippen LogP contribution in [0.1, 0.15) is 56.8 Å². The van der Waals surface area contributed by atoms with Crippen molar-refractivity contribution in [1.29, 1.82) is 0 Å². The molecule has 2 aromatic rings. The quantitative estimate of drug-likeness (QED) is 0.868. The molecule has 3 heteroatoms. The Labute approximate surface area is 137 Å². The van der Waals surface area contributed by atoms with E-state index in [4.69, 9.17) is 0 Å². The first-order valence-electron chi connectivity index (χ1n) is 9.16. The first-order valence-corrected chi connectivity index (χ1v) is 9.16. The zero-order chi connectivity index (χ0) is 15.8. The van der Waals surface area contributed by atoms with Crippen molar-refractivity contribution in [3.8, 4) is 0 Å². The Morgan fingerprint density at radius 1 is 1.26 bits per heavy atom. The number of aliphatic hydroxyl groups is 1. The molecule has 3 atom stereocenters. The van der Waals surface area contributed by atoms with Crippen LogP contribution in [0.5, 0.6) is 0 Å². The van der Waals surface area contributed by atoms with Gasteiger partial charge in [-0.05, 0) is 56.2 Å². The van der Waals surface area contributed by atoms with Gasteiger partial charge in [0.2, 0.25) is 0 Å². The topological polar surface area (TPSA) is 28.4 Å². The van der Waals surface area contributed by atoms with Crippen LogP contribution in [-0.2, 0) is 12.1 Å². The Kier molecular flexibility index (Phi) is 2.69. The van der Waals surface area contributed by atoms with Gasteiger partial charge in [0.05, 0.1) is 11.6 Å². The van der Waals surface area contributed by atoms with E-state index in [1.54, 1.807) is 0 Å². The number of aromatic nitrogens is 1. The lowest BCUT2D eigenvalue weighted by Crippen LogP contribution is -2.56. The molecule has 3 aliphatic rings. The summed E-state index contributed by atoms with van der Waals surface area (Å²) in [6.45, 7) is 6.75. The Morgan fingerprint density at radius 3 is 2.91 bits per heavy atom. The Balaban J connectivity index is 1.89. The Morgan fingerprint density at radius 2 is 2.09 bits per heavy atom. The predicted octanol–water partition coefficient (Wildman–Crippen LogP) is 3.80. The van der Waals surface area contributed by atoms with Gasteiger partial charge in [-0.15, -0.1) is 0 Å². The van der Waals surface area contributed by atoms with Crippen LogP contribution >= 0.6 is 0 Å². The van der Waals surface area contributed by atoms with E-state index < -0.39 is 5.72 Å². The summed E-state index contributed by atoms with van der Waals surface area (Å²) in [7, 11) is 0. The fourth-order valence-electron chi connectivity index (χ4n) is 6.07. The van der Waals surface area contributed by atoms with Crippen molar-refractivity contribution in [2.75, 3.05) is 13.1 Å². The lowest BCUT2D eigenvalue weighted by molar-refractivity contribution is -0.134.